The molecule has 12 heteroatoms. The molecule has 2 aromatic heterocycles. The maximum Gasteiger partial charge on any atom is 0.303 e. The molecule has 210 valence electrons. The lowest BCUT2D eigenvalue weighted by molar-refractivity contribution is -0.143. The number of rotatable bonds is 7. The third-order valence-corrected chi connectivity index (χ3v) is 7.32. The number of aryl methyl sites for hydroxylation is 1. The molecule has 0 bridgehead atoms. The fraction of sp³-hybridized carbons (Fsp3) is 0.519. The van der Waals surface area contributed by atoms with Crippen LogP contribution in [0.25, 0.3) is 11.0 Å². The van der Waals surface area contributed by atoms with E-state index in [1.165, 1.54) is 12.1 Å². The van der Waals surface area contributed by atoms with Crippen LogP contribution in [0.4, 0.5) is 4.39 Å². The quantitative estimate of drug-likeness (QED) is 0.404. The van der Waals surface area contributed by atoms with Gasteiger partial charge in [0, 0.05) is 41.7 Å². The molecular formula is C27H33FN4O7. The van der Waals surface area contributed by atoms with Gasteiger partial charge < -0.3 is 24.7 Å². The average Bonchev–Trinajstić information content (AvgIpc) is 3.32. The summed E-state index contributed by atoms with van der Waals surface area (Å²) < 4.78 is 20.4. The van der Waals surface area contributed by atoms with Gasteiger partial charge in [-0.15, -0.1) is 0 Å². The van der Waals surface area contributed by atoms with Crippen molar-refractivity contribution in [1.82, 2.24) is 19.6 Å². The van der Waals surface area contributed by atoms with E-state index in [1.54, 1.807) is 10.6 Å². The average molecular weight is 545 g/mol. The van der Waals surface area contributed by atoms with Gasteiger partial charge in [0.1, 0.15) is 17.7 Å². The minimum absolute atomic E-state index is 0.00237. The van der Waals surface area contributed by atoms with Crippen molar-refractivity contribution in [2.24, 2.45) is 0 Å². The molecule has 2 aliphatic rings. The van der Waals surface area contributed by atoms with Gasteiger partial charge in [-0.05, 0) is 64.3 Å². The molecule has 1 aromatic carbocycles. The van der Waals surface area contributed by atoms with Crippen molar-refractivity contribution in [3.8, 4) is 0 Å². The highest BCUT2D eigenvalue weighted by molar-refractivity contribution is 5.80. The Morgan fingerprint density at radius 2 is 1.79 bits per heavy atom. The van der Waals surface area contributed by atoms with Gasteiger partial charge >= 0.3 is 11.9 Å². The molecule has 0 amide bonds. The van der Waals surface area contributed by atoms with E-state index in [0.717, 1.165) is 61.2 Å². The number of hydrogen-bond donors (Lipinski definition) is 3. The molecule has 39 heavy (non-hydrogen) atoms. The number of likely N-dealkylation sites (tertiary alicyclic amines) is 1. The molecule has 3 N–H and O–H groups in total. The number of aromatic nitrogens is 3. The first-order valence-electron chi connectivity index (χ1n) is 13.1. The SMILES string of the molecule is Cc1nc2n(c(=O)c1CCN1CCC(c3noc4cc(F)ccc34)CC1)CCCC2O.O=C(O)CCC(=O)O. The van der Waals surface area contributed by atoms with Crippen LogP contribution >= 0.6 is 0 Å². The summed E-state index contributed by atoms with van der Waals surface area (Å²) in [5.41, 5.74) is 2.90. The molecule has 4 heterocycles. The zero-order chi connectivity index (χ0) is 28.1. The predicted octanol–water partition coefficient (Wildman–Crippen LogP) is 3.02. The monoisotopic (exact) mass is 544 g/mol. The number of nitrogens with zero attached hydrogens (tertiary/aromatic N) is 4. The maximum atomic E-state index is 13.4. The number of carboxylic acids is 2. The fourth-order valence-corrected chi connectivity index (χ4v) is 5.19. The fourth-order valence-electron chi connectivity index (χ4n) is 5.19. The van der Waals surface area contributed by atoms with Crippen molar-refractivity contribution in [2.45, 2.75) is 70.4 Å². The lowest BCUT2D eigenvalue weighted by Gasteiger charge is -2.31. The Morgan fingerprint density at radius 1 is 1.10 bits per heavy atom. The van der Waals surface area contributed by atoms with Crippen LogP contribution in [0.3, 0.4) is 0 Å². The third kappa shape index (κ3) is 6.87. The number of carboxylic acid groups (broad SMARTS) is 2. The van der Waals surface area contributed by atoms with E-state index in [9.17, 15) is 23.9 Å². The first kappa shape index (κ1) is 28.4. The number of fused-ring (bicyclic) bond motifs is 2. The van der Waals surface area contributed by atoms with Crippen molar-refractivity contribution in [1.29, 1.82) is 0 Å². The normalized spacial score (nSPS) is 17.9. The highest BCUT2D eigenvalue weighted by Gasteiger charge is 2.27. The van der Waals surface area contributed by atoms with E-state index in [0.29, 0.717) is 36.7 Å². The van der Waals surface area contributed by atoms with Crippen LogP contribution in [0.5, 0.6) is 0 Å². The van der Waals surface area contributed by atoms with Crippen LogP contribution in [0, 0.1) is 12.7 Å². The molecule has 1 atom stereocenters. The molecule has 1 saturated heterocycles. The zero-order valence-electron chi connectivity index (χ0n) is 21.8. The molecule has 3 aromatic rings. The van der Waals surface area contributed by atoms with Gasteiger partial charge in [0.25, 0.3) is 5.56 Å². The van der Waals surface area contributed by atoms with Crippen LogP contribution in [-0.2, 0) is 22.6 Å². The largest absolute Gasteiger partial charge is 0.481 e. The van der Waals surface area contributed by atoms with Crippen LogP contribution in [-0.4, -0.2) is 66.5 Å². The molecule has 1 fully saturated rings. The number of halogens is 1. The topological polar surface area (TPSA) is 159 Å². The molecule has 0 spiro atoms. The van der Waals surface area contributed by atoms with Crippen LogP contribution in [0.2, 0.25) is 0 Å². The molecule has 2 aliphatic heterocycles. The van der Waals surface area contributed by atoms with Crippen molar-refractivity contribution in [2.75, 3.05) is 19.6 Å². The zero-order valence-corrected chi connectivity index (χ0v) is 21.8. The minimum Gasteiger partial charge on any atom is -0.481 e. The Kier molecular flexibility index (Phi) is 9.08. The second-order valence-electron chi connectivity index (χ2n) is 10.0. The Morgan fingerprint density at radius 3 is 2.46 bits per heavy atom. The number of carbonyl (C=O) groups is 2. The second kappa shape index (κ2) is 12.5. The summed E-state index contributed by atoms with van der Waals surface area (Å²) in [5, 5.41) is 31.1. The second-order valence-corrected chi connectivity index (χ2v) is 10.0. The van der Waals surface area contributed by atoms with Gasteiger partial charge in [-0.25, -0.2) is 9.37 Å². The van der Waals surface area contributed by atoms with E-state index in [-0.39, 0.29) is 24.2 Å². The number of hydrogen-bond acceptors (Lipinski definition) is 8. The number of aliphatic hydroxyl groups is 1. The van der Waals surface area contributed by atoms with Gasteiger partial charge in [-0.1, -0.05) is 5.16 Å². The van der Waals surface area contributed by atoms with Crippen molar-refractivity contribution in [3.63, 3.8) is 0 Å². The lowest BCUT2D eigenvalue weighted by Crippen LogP contribution is -2.37. The number of aliphatic carboxylic acids is 2. The smallest absolute Gasteiger partial charge is 0.303 e. The molecule has 0 radical (unpaired) electrons. The number of piperidine rings is 1. The lowest BCUT2D eigenvalue weighted by atomic mass is 9.91. The maximum absolute atomic E-state index is 13.4. The van der Waals surface area contributed by atoms with Crippen LogP contribution in [0.15, 0.2) is 27.5 Å². The van der Waals surface area contributed by atoms with Gasteiger partial charge in [0.15, 0.2) is 5.58 Å². The van der Waals surface area contributed by atoms with Crippen LogP contribution < -0.4 is 5.56 Å². The van der Waals surface area contributed by atoms with Crippen molar-refractivity contribution in [3.05, 3.63) is 57.1 Å². The summed E-state index contributed by atoms with van der Waals surface area (Å²) in [7, 11) is 0. The summed E-state index contributed by atoms with van der Waals surface area (Å²) in [4.78, 5) is 39.2. The van der Waals surface area contributed by atoms with Crippen molar-refractivity contribution < 1.29 is 33.8 Å². The minimum atomic E-state index is -1.08. The molecule has 5 rings (SSSR count). The molecule has 0 aliphatic carbocycles. The summed E-state index contributed by atoms with van der Waals surface area (Å²) in [5.74, 6) is -1.66. The van der Waals surface area contributed by atoms with Gasteiger partial charge in [0.2, 0.25) is 0 Å². The van der Waals surface area contributed by atoms with E-state index >= 15 is 0 Å². The Labute approximate surface area is 223 Å². The van der Waals surface area contributed by atoms with Gasteiger partial charge in [0.05, 0.1) is 18.5 Å². The van der Waals surface area contributed by atoms with Gasteiger partial charge in [-0.3, -0.25) is 19.0 Å². The first-order valence-corrected chi connectivity index (χ1v) is 13.1. The summed E-state index contributed by atoms with van der Waals surface area (Å²) >= 11 is 0. The highest BCUT2D eigenvalue weighted by atomic mass is 19.1. The number of benzene rings is 1. The Hall–Kier alpha value is -3.64. The van der Waals surface area contributed by atoms with E-state index < -0.39 is 18.0 Å². The Balaban J connectivity index is 0.000000386. The van der Waals surface area contributed by atoms with E-state index in [4.69, 9.17) is 14.7 Å². The predicted molar refractivity (Wildman–Crippen MR) is 138 cm³/mol. The van der Waals surface area contributed by atoms with E-state index in [1.807, 2.05) is 6.92 Å². The summed E-state index contributed by atoms with van der Waals surface area (Å²) in [6.07, 6.45) is 2.79. The Bertz CT molecular complexity index is 1380. The summed E-state index contributed by atoms with van der Waals surface area (Å²) in [6.45, 7) is 5.13. The third-order valence-electron chi connectivity index (χ3n) is 7.32. The van der Waals surface area contributed by atoms with Crippen LogP contribution in [0.1, 0.15) is 73.3 Å². The van der Waals surface area contributed by atoms with Gasteiger partial charge in [-0.2, -0.15) is 0 Å². The first-order chi connectivity index (χ1) is 18.6. The molecule has 11 nitrogen and oxygen atoms in total. The molecule has 1 unspecified atom stereocenters. The number of aliphatic hydroxyl groups excluding tert-OH is 1. The molecular weight excluding hydrogens is 511 g/mol. The standard InChI is InChI=1S/C23H27FN4O3.C4H6O4/c1-14-17(23(30)28-9-2-3-19(29)22(28)25-14)8-12-27-10-6-15(7-11-27)21-18-5-4-16(24)13-20(18)31-26-21;5-3(6)1-2-4(7)8/h4-5,13,15,19,29H,2-3,6-12H2,1H3;1-2H2,(H,5,6)(H,7,8). The molecule has 0 saturated carbocycles. The highest BCUT2D eigenvalue weighted by Crippen LogP contribution is 2.33. The van der Waals surface area contributed by atoms with Crippen molar-refractivity contribution >= 4 is 22.9 Å². The summed E-state index contributed by atoms with van der Waals surface area (Å²) in [6, 6.07) is 4.58. The van der Waals surface area contributed by atoms with E-state index in [2.05, 4.69) is 15.0 Å².